The maximum Gasteiger partial charge on any atom is 0.305 e. The van der Waals surface area contributed by atoms with E-state index in [0.717, 1.165) is 38.7 Å². The lowest BCUT2D eigenvalue weighted by atomic mass is 10.0. The highest BCUT2D eigenvalue weighted by atomic mass is 16.5. The zero-order valence-corrected chi connectivity index (χ0v) is 19.8. The Morgan fingerprint density at radius 3 is 2.47 bits per heavy atom. The molecule has 0 bridgehead atoms. The van der Waals surface area contributed by atoms with Gasteiger partial charge in [0, 0.05) is 47.2 Å². The normalized spacial score (nSPS) is 12.8. The molecule has 0 radical (unpaired) electrons. The van der Waals surface area contributed by atoms with Crippen molar-refractivity contribution in [3.8, 4) is 5.75 Å². The fraction of sp³-hybridized carbons (Fsp3) is 0.269. The molecule has 0 unspecified atom stereocenters. The zero-order chi connectivity index (χ0) is 25.7. The monoisotopic (exact) mass is 491 g/mol. The molecule has 2 heterocycles. The number of amides is 2. The first-order valence-electron chi connectivity index (χ1n) is 11.6. The lowest BCUT2D eigenvalue weighted by molar-refractivity contribution is -0.139. The van der Waals surface area contributed by atoms with Crippen LogP contribution in [0.5, 0.6) is 5.75 Å². The van der Waals surface area contributed by atoms with Crippen molar-refractivity contribution in [3.63, 3.8) is 0 Å². The number of nitrogens with one attached hydrogen (secondary N) is 4. The van der Waals surface area contributed by atoms with Gasteiger partial charge in [-0.15, -0.1) is 0 Å². The number of H-pyrrole nitrogens is 2. The van der Waals surface area contributed by atoms with E-state index in [1.165, 1.54) is 0 Å². The highest BCUT2D eigenvalue weighted by Crippen LogP contribution is 2.24. The Morgan fingerprint density at radius 1 is 1.00 bits per heavy atom. The first-order valence-corrected chi connectivity index (χ1v) is 11.6. The number of para-hydroxylation sites is 1. The molecule has 4 aromatic rings. The first kappa shape index (κ1) is 24.8. The Bertz CT molecular complexity index is 1390. The Kier molecular flexibility index (Phi) is 7.55. The summed E-state index contributed by atoms with van der Waals surface area (Å²) in [5.41, 5.74) is 9.47. The fourth-order valence-corrected chi connectivity index (χ4v) is 4.22. The molecule has 0 aliphatic rings. The second-order valence-electron chi connectivity index (χ2n) is 8.60. The Morgan fingerprint density at radius 2 is 1.72 bits per heavy atom. The second-order valence-corrected chi connectivity index (χ2v) is 8.60. The quantitative estimate of drug-likeness (QED) is 0.188. The highest BCUT2D eigenvalue weighted by Gasteiger charge is 2.26. The van der Waals surface area contributed by atoms with Crippen LogP contribution < -0.4 is 21.1 Å². The Balaban J connectivity index is 1.46. The molecule has 2 amide bonds. The number of carbonyl (C=O) groups excluding carboxylic acids is 2. The summed E-state index contributed by atoms with van der Waals surface area (Å²) in [5, 5.41) is 16.4. The zero-order valence-electron chi connectivity index (χ0n) is 19.8. The Hall–Kier alpha value is -4.31. The van der Waals surface area contributed by atoms with Gasteiger partial charge in [-0.1, -0.05) is 18.2 Å². The predicted octanol–water partition coefficient (Wildman–Crippen LogP) is 1.85. The number of rotatable bonds is 11. The number of hydrogen-bond acceptors (Lipinski definition) is 5. The van der Waals surface area contributed by atoms with Crippen molar-refractivity contribution in [3.05, 3.63) is 66.0 Å². The van der Waals surface area contributed by atoms with Crippen LogP contribution in [0.3, 0.4) is 0 Å². The van der Waals surface area contributed by atoms with Crippen molar-refractivity contribution in [1.82, 2.24) is 20.6 Å². The van der Waals surface area contributed by atoms with Gasteiger partial charge in [-0.3, -0.25) is 14.4 Å². The number of aliphatic carboxylic acids is 1. The summed E-state index contributed by atoms with van der Waals surface area (Å²) >= 11 is 0. The smallest absolute Gasteiger partial charge is 0.305 e. The van der Waals surface area contributed by atoms with Crippen LogP contribution in [0.2, 0.25) is 0 Å². The molecule has 0 saturated heterocycles. The van der Waals surface area contributed by atoms with Gasteiger partial charge in [0.05, 0.1) is 19.6 Å². The minimum atomic E-state index is -1.26. The minimum absolute atomic E-state index is 0.214. The number of carboxylic acid groups (broad SMARTS) is 1. The van der Waals surface area contributed by atoms with E-state index in [-0.39, 0.29) is 12.3 Å². The van der Waals surface area contributed by atoms with E-state index in [1.807, 2.05) is 48.7 Å². The SMILES string of the molecule is COc1ccc2[nH]cc(CCNC(=O)[C@H](Cc3c[nH]c4ccccc34)NC(=O)[C@@H](N)CC(=O)O)c2c1. The summed E-state index contributed by atoms with van der Waals surface area (Å²) in [4.78, 5) is 43.0. The van der Waals surface area contributed by atoms with E-state index < -0.39 is 30.4 Å². The molecule has 10 nitrogen and oxygen atoms in total. The third-order valence-electron chi connectivity index (χ3n) is 6.13. The second kappa shape index (κ2) is 11.0. The molecule has 7 N–H and O–H groups in total. The molecule has 4 rings (SSSR count). The average Bonchev–Trinajstić information content (AvgIpc) is 3.46. The lowest BCUT2D eigenvalue weighted by Crippen LogP contribution is -2.53. The van der Waals surface area contributed by atoms with E-state index in [2.05, 4.69) is 20.6 Å². The van der Waals surface area contributed by atoms with Crippen LogP contribution in [0.25, 0.3) is 21.8 Å². The van der Waals surface area contributed by atoms with Crippen LogP contribution in [-0.4, -0.2) is 58.6 Å². The van der Waals surface area contributed by atoms with Crippen molar-refractivity contribution in [2.24, 2.45) is 5.73 Å². The van der Waals surface area contributed by atoms with Crippen LogP contribution in [0.15, 0.2) is 54.9 Å². The van der Waals surface area contributed by atoms with E-state index in [1.54, 1.807) is 13.3 Å². The van der Waals surface area contributed by atoms with E-state index in [9.17, 15) is 14.4 Å². The van der Waals surface area contributed by atoms with Gasteiger partial charge in [0.2, 0.25) is 11.8 Å². The molecule has 2 aromatic heterocycles. The summed E-state index contributed by atoms with van der Waals surface area (Å²) in [7, 11) is 1.61. The van der Waals surface area contributed by atoms with Gasteiger partial charge < -0.3 is 36.2 Å². The van der Waals surface area contributed by atoms with Gasteiger partial charge >= 0.3 is 5.97 Å². The van der Waals surface area contributed by atoms with E-state index >= 15 is 0 Å². The summed E-state index contributed by atoms with van der Waals surface area (Å²) in [6.45, 7) is 0.338. The number of aromatic amines is 2. The molecule has 10 heteroatoms. The highest BCUT2D eigenvalue weighted by molar-refractivity contribution is 5.92. The van der Waals surface area contributed by atoms with Crippen LogP contribution in [0.1, 0.15) is 17.5 Å². The number of aromatic nitrogens is 2. The number of ether oxygens (including phenoxy) is 1. The molecule has 36 heavy (non-hydrogen) atoms. The van der Waals surface area contributed by atoms with Gasteiger partial charge in [-0.2, -0.15) is 0 Å². The van der Waals surface area contributed by atoms with Crippen molar-refractivity contribution >= 4 is 39.6 Å². The molecule has 2 aromatic carbocycles. The number of carboxylic acids is 1. The number of hydrogen-bond donors (Lipinski definition) is 6. The van der Waals surface area contributed by atoms with Crippen LogP contribution in [-0.2, 0) is 27.2 Å². The Labute approximate surface area is 207 Å². The average molecular weight is 492 g/mol. The summed E-state index contributed by atoms with van der Waals surface area (Å²) < 4.78 is 5.31. The number of nitrogens with two attached hydrogens (primary N) is 1. The molecule has 2 atom stereocenters. The van der Waals surface area contributed by atoms with Gasteiger partial charge in [-0.25, -0.2) is 0 Å². The van der Waals surface area contributed by atoms with E-state index in [0.29, 0.717) is 13.0 Å². The van der Waals surface area contributed by atoms with Crippen LogP contribution in [0, 0.1) is 0 Å². The van der Waals surface area contributed by atoms with Gasteiger partial charge in [0.15, 0.2) is 0 Å². The molecule has 188 valence electrons. The maximum atomic E-state index is 13.2. The minimum Gasteiger partial charge on any atom is -0.497 e. The van der Waals surface area contributed by atoms with Gasteiger partial charge in [0.1, 0.15) is 11.8 Å². The van der Waals surface area contributed by atoms with Crippen molar-refractivity contribution in [2.45, 2.75) is 31.3 Å². The fourth-order valence-electron chi connectivity index (χ4n) is 4.22. The largest absolute Gasteiger partial charge is 0.497 e. The van der Waals surface area contributed by atoms with Crippen LogP contribution in [0.4, 0.5) is 0 Å². The lowest BCUT2D eigenvalue weighted by Gasteiger charge is -2.20. The predicted molar refractivity (Wildman–Crippen MR) is 136 cm³/mol. The standard InChI is InChI=1S/C26H29N5O5/c1-36-17-6-7-22-19(11-17)15(13-29-22)8-9-28-26(35)23(31-25(34)20(27)12-24(32)33)10-16-14-30-21-5-3-2-4-18(16)21/h2-7,11,13-14,20,23,29-30H,8-10,12,27H2,1H3,(H,28,35)(H,31,34)(H,32,33)/t20-,23-/m0/s1. The number of benzene rings is 2. The number of methoxy groups -OCH3 is 1. The van der Waals surface area contributed by atoms with Crippen molar-refractivity contribution in [1.29, 1.82) is 0 Å². The van der Waals surface area contributed by atoms with Crippen molar-refractivity contribution < 1.29 is 24.2 Å². The molecule has 0 fully saturated rings. The maximum absolute atomic E-state index is 13.2. The molecular formula is C26H29N5O5. The molecular weight excluding hydrogens is 462 g/mol. The topological polar surface area (TPSA) is 162 Å². The van der Waals surface area contributed by atoms with Gasteiger partial charge in [-0.05, 0) is 41.8 Å². The molecule has 0 spiro atoms. The van der Waals surface area contributed by atoms with E-state index in [4.69, 9.17) is 15.6 Å². The van der Waals surface area contributed by atoms with Crippen molar-refractivity contribution in [2.75, 3.05) is 13.7 Å². The number of fused-ring (bicyclic) bond motifs is 2. The summed E-state index contributed by atoms with van der Waals surface area (Å²) in [6.07, 6.45) is 3.94. The third kappa shape index (κ3) is 5.66. The first-order chi connectivity index (χ1) is 17.4. The molecule has 0 aliphatic carbocycles. The summed E-state index contributed by atoms with van der Waals surface area (Å²) in [5.74, 6) is -1.52. The van der Waals surface area contributed by atoms with Gasteiger partial charge in [0.25, 0.3) is 0 Å². The molecule has 0 saturated carbocycles. The summed E-state index contributed by atoms with van der Waals surface area (Å²) in [6, 6.07) is 11.2. The third-order valence-corrected chi connectivity index (χ3v) is 6.13. The molecule has 0 aliphatic heterocycles. The van der Waals surface area contributed by atoms with Crippen LogP contribution >= 0.6 is 0 Å². The number of carbonyl (C=O) groups is 3.